The standard InChI is InChI=1S/C20H24F3IN4O5/c1-11(2)25-20(31)28(32-3)10-12-8-13(19(30)27-33-7-6-29)18(17(23)16(12)22)26-15-4-5-24-9-14(15)21/h4-5,8-9,11,26,29H,6-7,10H2,1-3H3,(H,25,31)(H,27,30). The monoisotopic (exact) mass is 584 g/mol. The Morgan fingerprint density at radius 3 is 2.58 bits per heavy atom. The molecule has 33 heavy (non-hydrogen) atoms. The topological polar surface area (TPSA) is 112 Å². The lowest BCUT2D eigenvalue weighted by atomic mass is 10.1. The third-order valence-corrected chi connectivity index (χ3v) is 5.72. The van der Waals surface area contributed by atoms with Crippen molar-refractivity contribution in [2.75, 3.05) is 25.6 Å². The molecule has 0 saturated carbocycles. The van der Waals surface area contributed by atoms with E-state index in [4.69, 9.17) is 14.8 Å². The third-order valence-electron chi connectivity index (χ3n) is 4.04. The molecule has 1 aromatic carbocycles. The van der Waals surface area contributed by atoms with Crippen LogP contribution in [-0.4, -0.2) is 52.5 Å². The van der Waals surface area contributed by atoms with Crippen molar-refractivity contribution in [3.8, 4) is 0 Å². The summed E-state index contributed by atoms with van der Waals surface area (Å²) in [4.78, 5) is 34.6. The minimum atomic E-state index is -1.46. The summed E-state index contributed by atoms with van der Waals surface area (Å²) in [7, 11) is 1.17. The average Bonchev–Trinajstić information content (AvgIpc) is 2.77. The summed E-state index contributed by atoms with van der Waals surface area (Å²) < 4.78 is 47.2. The van der Waals surface area contributed by atoms with Gasteiger partial charge in [-0.1, -0.05) is 20.7 Å². The number of amides is 3. The average molecular weight is 584 g/mol. The Balaban J connectivity index is 2.48. The van der Waals surface area contributed by atoms with Gasteiger partial charge in [0.15, 0.2) is 17.5 Å². The van der Waals surface area contributed by atoms with Crippen molar-refractivity contribution in [1.29, 1.82) is 0 Å². The highest BCUT2D eigenvalue weighted by molar-refractivity contribution is 14.2. The van der Waals surface area contributed by atoms with Gasteiger partial charge in [0.2, 0.25) is 0 Å². The molecule has 2 rings (SSSR count). The van der Waals surface area contributed by atoms with Gasteiger partial charge in [0.1, 0.15) is 0 Å². The first-order valence-electron chi connectivity index (χ1n) is 9.64. The molecule has 0 spiro atoms. The van der Waals surface area contributed by atoms with Crippen molar-refractivity contribution in [2.24, 2.45) is 0 Å². The molecule has 0 radical (unpaired) electrons. The number of aliphatic hydroxyl groups excluding tert-OH is 1. The predicted molar refractivity (Wildman–Crippen MR) is 124 cm³/mol. The number of allylic oxidation sites excluding steroid dienone is 2. The van der Waals surface area contributed by atoms with Gasteiger partial charge >= 0.3 is 6.03 Å². The van der Waals surface area contributed by atoms with Gasteiger partial charge in [-0.05, 0) is 30.1 Å². The van der Waals surface area contributed by atoms with E-state index >= 15 is 4.39 Å². The van der Waals surface area contributed by atoms with Crippen LogP contribution < -0.4 is 16.1 Å². The van der Waals surface area contributed by atoms with E-state index in [2.05, 4.69) is 10.6 Å². The van der Waals surface area contributed by atoms with E-state index in [0.717, 1.165) is 11.1 Å². The third kappa shape index (κ3) is 7.25. The summed E-state index contributed by atoms with van der Waals surface area (Å²) in [5, 5.41) is 14.5. The highest BCUT2D eigenvalue weighted by atomic mass is 127. The number of hydrogen-bond donors (Lipinski definition) is 4. The summed E-state index contributed by atoms with van der Waals surface area (Å²) in [5.74, 6) is -4.47. The number of nitrogens with one attached hydrogen (secondary N) is 3. The van der Waals surface area contributed by atoms with E-state index < -0.39 is 74.5 Å². The first kappa shape index (κ1) is 26.8. The maximum Gasteiger partial charge on any atom is 0.341 e. The van der Waals surface area contributed by atoms with Crippen molar-refractivity contribution in [2.45, 2.75) is 26.4 Å². The molecule has 1 aliphatic heterocycles. The van der Waals surface area contributed by atoms with Gasteiger partial charge in [0.05, 0.1) is 43.8 Å². The van der Waals surface area contributed by atoms with Gasteiger partial charge in [-0.15, -0.1) is 0 Å². The lowest BCUT2D eigenvalue weighted by Gasteiger charge is -2.23. The molecule has 0 atom stereocenters. The molecule has 0 unspecified atom stereocenters. The number of carbonyl (C=O) groups excluding carboxylic acids is 2. The minimum absolute atomic E-state index is 0.146. The number of aliphatic hydroxyl groups is 1. The fraction of sp³-hybridized carbons (Fsp3) is 0.350. The number of hydrogen-bond acceptors (Lipinski definition) is 6. The second kappa shape index (κ2) is 12.7. The van der Waals surface area contributed by atoms with E-state index in [-0.39, 0.29) is 23.9 Å². The van der Waals surface area contributed by atoms with E-state index in [1.807, 2.05) is 5.48 Å². The van der Waals surface area contributed by atoms with Crippen LogP contribution in [0.1, 0.15) is 29.8 Å². The fourth-order valence-corrected chi connectivity index (χ4v) is 4.00. The van der Waals surface area contributed by atoms with Gasteiger partial charge in [0.25, 0.3) is 5.91 Å². The summed E-state index contributed by atoms with van der Waals surface area (Å²) in [6.07, 6.45) is 1.38. The molecule has 9 nitrogen and oxygen atoms in total. The molecule has 0 saturated heterocycles. The Hall–Kier alpha value is -2.49. The zero-order valence-corrected chi connectivity index (χ0v) is 20.2. The maximum absolute atomic E-state index is 15.1. The lowest BCUT2D eigenvalue weighted by molar-refractivity contribution is -0.0943. The van der Waals surface area contributed by atoms with E-state index in [1.165, 1.54) is 17.2 Å². The van der Waals surface area contributed by atoms with Crippen LogP contribution in [0.15, 0.2) is 27.7 Å². The van der Waals surface area contributed by atoms with Crippen molar-refractivity contribution < 1.29 is 37.5 Å². The van der Waals surface area contributed by atoms with Crippen LogP contribution in [0.4, 0.5) is 23.7 Å². The van der Waals surface area contributed by atoms with Crippen LogP contribution >= 0.6 is 20.7 Å². The Kier molecular flexibility index (Phi) is 10.3. The quantitative estimate of drug-likeness (QED) is 0.191. The number of urea groups is 1. The maximum atomic E-state index is 15.1. The van der Waals surface area contributed by atoms with Crippen LogP contribution in [0, 0.1) is 11.6 Å². The molecule has 1 aromatic rings. The van der Waals surface area contributed by atoms with Gasteiger partial charge in [-0.2, -0.15) is 5.06 Å². The zero-order valence-electron chi connectivity index (χ0n) is 18.0. The number of carbonyl (C=O) groups is 2. The number of rotatable bonds is 10. The second-order valence-electron chi connectivity index (χ2n) is 6.83. The normalized spacial score (nSPS) is 13.1. The SMILES string of the molecule is CON(Cc1cc(C(=O)NOCCO)c(NC2=C(F)C=IC=C2)c(F)c1F)C(=O)NC(C)C. The Bertz CT molecular complexity index is 985. The molecule has 4 N–H and O–H groups in total. The molecule has 182 valence electrons. The summed E-state index contributed by atoms with van der Waals surface area (Å²) in [5.41, 5.74) is 0.428. The second-order valence-corrected chi connectivity index (χ2v) is 8.89. The van der Waals surface area contributed by atoms with E-state index in [9.17, 15) is 18.4 Å². The number of benzene rings is 1. The molecule has 1 aliphatic rings. The molecule has 0 fully saturated rings. The van der Waals surface area contributed by atoms with E-state index in [0.29, 0.717) is 0 Å². The van der Waals surface area contributed by atoms with Crippen LogP contribution in [0.5, 0.6) is 0 Å². The number of halogens is 4. The summed E-state index contributed by atoms with van der Waals surface area (Å²) in [6.45, 7) is 2.22. The Morgan fingerprint density at radius 1 is 1.24 bits per heavy atom. The minimum Gasteiger partial charge on any atom is -0.394 e. The smallest absolute Gasteiger partial charge is 0.341 e. The number of anilines is 1. The first-order chi connectivity index (χ1) is 15.7. The van der Waals surface area contributed by atoms with Crippen molar-refractivity contribution in [3.05, 3.63) is 50.5 Å². The molecular weight excluding hydrogens is 560 g/mol. The van der Waals surface area contributed by atoms with E-state index in [1.54, 1.807) is 17.9 Å². The van der Waals surface area contributed by atoms with Crippen LogP contribution in [0.25, 0.3) is 0 Å². The molecular formula is C20H24F3IN4O5. The van der Waals surface area contributed by atoms with Gasteiger partial charge in [-0.3, -0.25) is 14.5 Å². The largest absolute Gasteiger partial charge is 0.394 e. The molecule has 1 heterocycles. The zero-order chi connectivity index (χ0) is 24.5. The van der Waals surface area contributed by atoms with Gasteiger partial charge in [0, 0.05) is 15.6 Å². The Labute approximate surface area is 198 Å². The molecule has 3 amide bonds. The molecule has 0 bridgehead atoms. The van der Waals surface area contributed by atoms with Crippen LogP contribution in [0.3, 0.4) is 0 Å². The Morgan fingerprint density at radius 2 is 1.97 bits per heavy atom. The molecule has 0 aromatic heterocycles. The predicted octanol–water partition coefficient (Wildman–Crippen LogP) is 2.99. The van der Waals surface area contributed by atoms with Crippen LogP contribution in [-0.2, 0) is 16.2 Å². The highest BCUT2D eigenvalue weighted by Crippen LogP contribution is 2.30. The van der Waals surface area contributed by atoms with Crippen molar-refractivity contribution >= 4 is 42.4 Å². The van der Waals surface area contributed by atoms with Crippen LogP contribution in [0.2, 0.25) is 0 Å². The van der Waals surface area contributed by atoms with Crippen molar-refractivity contribution in [3.63, 3.8) is 0 Å². The summed E-state index contributed by atoms with van der Waals surface area (Å²) in [6, 6.07) is 0.0406. The lowest BCUT2D eigenvalue weighted by Crippen LogP contribution is -2.42. The number of hydroxylamine groups is 3. The first-order valence-corrected chi connectivity index (χ1v) is 12.1. The summed E-state index contributed by atoms with van der Waals surface area (Å²) >= 11 is -0.632. The molecule has 0 aliphatic carbocycles. The molecule has 13 heteroatoms. The van der Waals surface area contributed by atoms with Gasteiger partial charge in [-0.25, -0.2) is 23.4 Å². The highest BCUT2D eigenvalue weighted by Gasteiger charge is 2.26. The fourth-order valence-electron chi connectivity index (χ4n) is 2.57. The van der Waals surface area contributed by atoms with Gasteiger partial charge < -0.3 is 15.7 Å². The van der Waals surface area contributed by atoms with Crippen molar-refractivity contribution in [1.82, 2.24) is 15.9 Å². The number of nitrogens with zero attached hydrogens (tertiary/aromatic N) is 1.